The molecule has 0 fully saturated rings. The molecule has 2 N–H and O–H groups in total. The van der Waals surface area contributed by atoms with Gasteiger partial charge in [0.2, 0.25) is 15.9 Å². The van der Waals surface area contributed by atoms with Crippen LogP contribution in [0.15, 0.2) is 62.8 Å². The average molecular weight is 415 g/mol. The molecule has 2 aromatic carbocycles. The van der Waals surface area contributed by atoms with Gasteiger partial charge in [-0.3, -0.25) is 4.79 Å². The van der Waals surface area contributed by atoms with Gasteiger partial charge < -0.3 is 5.32 Å². The van der Waals surface area contributed by atoms with Gasteiger partial charge in [-0.2, -0.15) is 0 Å². The van der Waals surface area contributed by atoms with Crippen molar-refractivity contribution in [2.24, 2.45) is 0 Å². The van der Waals surface area contributed by atoms with Crippen molar-refractivity contribution in [2.75, 3.05) is 18.1 Å². The number of carbonyl (C=O) groups is 1. The van der Waals surface area contributed by atoms with Crippen LogP contribution in [0.3, 0.4) is 0 Å². The van der Waals surface area contributed by atoms with Crippen molar-refractivity contribution in [1.82, 2.24) is 4.72 Å². The molecule has 0 aromatic heterocycles. The minimum Gasteiger partial charge on any atom is -0.325 e. The highest BCUT2D eigenvalue weighted by Crippen LogP contribution is 2.19. The first kappa shape index (κ1) is 18.0. The first-order chi connectivity index (χ1) is 10.9. The Morgan fingerprint density at radius 2 is 1.87 bits per heavy atom. The topological polar surface area (TPSA) is 75.3 Å². The second-order valence-electron chi connectivity index (χ2n) is 4.56. The number of rotatable bonds is 6. The fourth-order valence-electron chi connectivity index (χ4n) is 1.76. The van der Waals surface area contributed by atoms with Crippen molar-refractivity contribution >= 4 is 49.3 Å². The first-order valence-electron chi connectivity index (χ1n) is 6.60. The van der Waals surface area contributed by atoms with Crippen LogP contribution >= 0.6 is 27.7 Å². The number of sulfonamides is 1. The van der Waals surface area contributed by atoms with Gasteiger partial charge in [0, 0.05) is 15.1 Å². The molecule has 0 atom stereocenters. The number of thioether (sulfide) groups is 1. The number of amides is 1. The second kappa shape index (κ2) is 7.96. The molecular formula is C15H15BrN2O3S2. The monoisotopic (exact) mass is 414 g/mol. The van der Waals surface area contributed by atoms with Crippen LogP contribution < -0.4 is 10.0 Å². The van der Waals surface area contributed by atoms with Crippen LogP contribution in [-0.4, -0.2) is 27.1 Å². The molecule has 8 heteroatoms. The molecule has 1 amide bonds. The summed E-state index contributed by atoms with van der Waals surface area (Å²) in [4.78, 5) is 13.0. The van der Waals surface area contributed by atoms with E-state index in [4.69, 9.17) is 0 Å². The molecule has 2 rings (SSSR count). The molecule has 2 aromatic rings. The molecule has 0 aliphatic rings. The van der Waals surface area contributed by atoms with Crippen molar-refractivity contribution in [1.29, 1.82) is 0 Å². The van der Waals surface area contributed by atoms with Crippen molar-refractivity contribution in [3.05, 3.63) is 53.0 Å². The Labute approximate surface area is 148 Å². The van der Waals surface area contributed by atoms with E-state index in [0.29, 0.717) is 5.69 Å². The highest BCUT2D eigenvalue weighted by molar-refractivity contribution is 9.10. The third-order valence-electron chi connectivity index (χ3n) is 2.90. The highest BCUT2D eigenvalue weighted by Gasteiger charge is 2.15. The van der Waals surface area contributed by atoms with Crippen molar-refractivity contribution < 1.29 is 13.2 Å². The van der Waals surface area contributed by atoms with E-state index in [-0.39, 0.29) is 11.4 Å². The van der Waals surface area contributed by atoms with Crippen LogP contribution in [0.2, 0.25) is 0 Å². The molecule has 0 radical (unpaired) electrons. The molecule has 0 spiro atoms. The lowest BCUT2D eigenvalue weighted by molar-refractivity contribution is -0.115. The minimum absolute atomic E-state index is 0.109. The average Bonchev–Trinajstić information content (AvgIpc) is 2.54. The summed E-state index contributed by atoms with van der Waals surface area (Å²) < 4.78 is 27.2. The van der Waals surface area contributed by atoms with E-state index in [1.807, 2.05) is 24.5 Å². The van der Waals surface area contributed by atoms with Gasteiger partial charge in [-0.25, -0.2) is 13.1 Å². The van der Waals surface area contributed by atoms with Crippen LogP contribution in [0.1, 0.15) is 0 Å². The predicted molar refractivity (Wildman–Crippen MR) is 96.2 cm³/mol. The summed E-state index contributed by atoms with van der Waals surface area (Å²) in [6.07, 6.45) is 1.94. The van der Waals surface area contributed by atoms with Gasteiger partial charge in [-0.05, 0) is 48.7 Å². The molecule has 0 saturated carbocycles. The Balaban J connectivity index is 1.96. The Bertz CT molecular complexity index is 793. The van der Waals surface area contributed by atoms with Crippen molar-refractivity contribution in [3.8, 4) is 0 Å². The molecular weight excluding hydrogens is 400 g/mol. The maximum Gasteiger partial charge on any atom is 0.241 e. The van der Waals surface area contributed by atoms with Gasteiger partial charge in [0.1, 0.15) is 0 Å². The molecule has 0 aliphatic heterocycles. The zero-order valence-electron chi connectivity index (χ0n) is 12.2. The third-order valence-corrected chi connectivity index (χ3v) is 5.57. The molecule has 0 aliphatic carbocycles. The number of benzene rings is 2. The highest BCUT2D eigenvalue weighted by atomic mass is 79.9. The predicted octanol–water partition coefficient (Wildman–Crippen LogP) is 3.09. The lowest BCUT2D eigenvalue weighted by Crippen LogP contribution is -2.32. The zero-order valence-corrected chi connectivity index (χ0v) is 15.5. The van der Waals surface area contributed by atoms with Gasteiger partial charge >= 0.3 is 0 Å². The summed E-state index contributed by atoms with van der Waals surface area (Å²) in [7, 11) is -3.71. The summed E-state index contributed by atoms with van der Waals surface area (Å²) in [5.74, 6) is -0.427. The van der Waals surface area contributed by atoms with E-state index in [0.717, 1.165) is 9.37 Å². The molecule has 0 unspecified atom stereocenters. The van der Waals surface area contributed by atoms with E-state index >= 15 is 0 Å². The van der Waals surface area contributed by atoms with E-state index in [2.05, 4.69) is 26.0 Å². The Hall–Kier alpha value is -1.35. The van der Waals surface area contributed by atoms with Crippen molar-refractivity contribution in [3.63, 3.8) is 0 Å². The smallest absolute Gasteiger partial charge is 0.241 e. The molecule has 0 heterocycles. The van der Waals surface area contributed by atoms with E-state index in [1.165, 1.54) is 12.1 Å². The number of nitrogens with one attached hydrogen (secondary N) is 2. The number of halogens is 1. The second-order valence-corrected chi connectivity index (χ2v) is 8.12. The fraction of sp³-hybridized carbons (Fsp3) is 0.133. The quantitative estimate of drug-likeness (QED) is 0.712. The Morgan fingerprint density at radius 1 is 1.17 bits per heavy atom. The Morgan fingerprint density at radius 3 is 2.52 bits per heavy atom. The zero-order chi connectivity index (χ0) is 16.9. The number of carbonyl (C=O) groups excluding carboxylic acids is 1. The van der Waals surface area contributed by atoms with Crippen LogP contribution in [0.25, 0.3) is 0 Å². The summed E-state index contributed by atoms with van der Waals surface area (Å²) >= 11 is 4.80. The largest absolute Gasteiger partial charge is 0.325 e. The van der Waals surface area contributed by atoms with Gasteiger partial charge in [0.25, 0.3) is 0 Å². The van der Waals surface area contributed by atoms with Gasteiger partial charge in [0.05, 0.1) is 11.4 Å². The standard InChI is InChI=1S/C15H15BrN2O3S2/c1-22-13-4-2-3-12(9-13)18-15(19)10-17-23(20,21)14-7-5-11(16)6-8-14/h2-9,17H,10H2,1H3,(H,18,19). The molecule has 122 valence electrons. The van der Waals surface area contributed by atoms with Crippen LogP contribution in [0, 0.1) is 0 Å². The molecule has 5 nitrogen and oxygen atoms in total. The summed E-state index contributed by atoms with van der Waals surface area (Å²) in [6.45, 7) is -0.331. The molecule has 0 bridgehead atoms. The van der Waals surface area contributed by atoms with E-state index < -0.39 is 15.9 Å². The van der Waals surface area contributed by atoms with Crippen LogP contribution in [0.4, 0.5) is 5.69 Å². The first-order valence-corrected chi connectivity index (χ1v) is 10.1. The van der Waals surface area contributed by atoms with Crippen LogP contribution in [-0.2, 0) is 14.8 Å². The fourth-order valence-corrected chi connectivity index (χ4v) is 3.47. The van der Waals surface area contributed by atoms with Gasteiger partial charge in [-0.1, -0.05) is 22.0 Å². The lowest BCUT2D eigenvalue weighted by atomic mass is 10.3. The summed E-state index contributed by atoms with van der Waals surface area (Å²) in [6, 6.07) is 13.5. The van der Waals surface area contributed by atoms with Gasteiger partial charge in [0.15, 0.2) is 0 Å². The Kier molecular flexibility index (Phi) is 6.23. The number of anilines is 1. The molecule has 0 saturated heterocycles. The summed E-state index contributed by atoms with van der Waals surface area (Å²) in [5.41, 5.74) is 0.629. The third kappa shape index (κ3) is 5.35. The van der Waals surface area contributed by atoms with E-state index in [1.54, 1.807) is 30.0 Å². The lowest BCUT2D eigenvalue weighted by Gasteiger charge is -2.08. The number of hydrogen-bond acceptors (Lipinski definition) is 4. The molecule has 23 heavy (non-hydrogen) atoms. The SMILES string of the molecule is CSc1cccc(NC(=O)CNS(=O)(=O)c2ccc(Br)cc2)c1. The van der Waals surface area contributed by atoms with E-state index in [9.17, 15) is 13.2 Å². The summed E-state index contributed by atoms with van der Waals surface area (Å²) in [5, 5.41) is 2.66. The van der Waals surface area contributed by atoms with Gasteiger partial charge in [-0.15, -0.1) is 11.8 Å². The van der Waals surface area contributed by atoms with Crippen LogP contribution in [0.5, 0.6) is 0 Å². The van der Waals surface area contributed by atoms with Crippen molar-refractivity contribution in [2.45, 2.75) is 9.79 Å². The number of hydrogen-bond donors (Lipinski definition) is 2. The maximum atomic E-state index is 12.1. The normalized spacial score (nSPS) is 11.2. The maximum absolute atomic E-state index is 12.1. The minimum atomic E-state index is -3.71.